The summed E-state index contributed by atoms with van der Waals surface area (Å²) < 4.78 is 36.7. The highest BCUT2D eigenvalue weighted by molar-refractivity contribution is 7.60. The topological polar surface area (TPSA) is 254 Å². The maximum absolute atomic E-state index is 11.8. The van der Waals surface area contributed by atoms with E-state index in [1.807, 2.05) is 0 Å². The summed E-state index contributed by atoms with van der Waals surface area (Å²) in [7, 11) is -10.5. The zero-order chi connectivity index (χ0) is 20.9. The van der Waals surface area contributed by atoms with Crippen molar-refractivity contribution in [2.24, 2.45) is 0 Å². The van der Waals surface area contributed by atoms with Crippen LogP contribution < -0.4 is 15.9 Å². The van der Waals surface area contributed by atoms with Crippen LogP contribution in [-0.2, 0) is 22.7 Å². The van der Waals surface area contributed by atoms with Gasteiger partial charge in [0.15, 0.2) is 6.33 Å². The van der Waals surface area contributed by atoms with Crippen LogP contribution in [0.5, 0.6) is 0 Å². The number of ether oxygens (including phenoxy) is 1. The molecule has 0 amide bonds. The molecule has 28 heavy (non-hydrogen) atoms. The summed E-state index contributed by atoms with van der Waals surface area (Å²) in [5, 5.41) is 20.3. The van der Waals surface area contributed by atoms with E-state index in [1.54, 1.807) is 0 Å². The molecule has 2 aromatic heterocycles. The van der Waals surface area contributed by atoms with Gasteiger partial charge in [-0.2, -0.15) is 4.31 Å². The van der Waals surface area contributed by atoms with Crippen LogP contribution in [0.2, 0.25) is 0 Å². The van der Waals surface area contributed by atoms with Crippen LogP contribution in [0, 0.1) is 0 Å². The van der Waals surface area contributed by atoms with Crippen molar-refractivity contribution in [3.8, 4) is 0 Å². The van der Waals surface area contributed by atoms with Gasteiger partial charge in [-0.3, -0.25) is 19.3 Å². The van der Waals surface area contributed by atoms with Crippen molar-refractivity contribution in [2.45, 2.75) is 24.5 Å². The molecule has 18 heteroatoms. The van der Waals surface area contributed by atoms with Crippen LogP contribution in [0.4, 0.5) is 5.95 Å². The molecule has 5 atom stereocenters. The number of hydrogen-bond donors (Lipinski definition) is 8. The highest BCUT2D eigenvalue weighted by atomic mass is 31.3. The summed E-state index contributed by atoms with van der Waals surface area (Å²) in [6.45, 7) is -0.860. The molecule has 16 nitrogen and oxygen atoms in total. The van der Waals surface area contributed by atoms with Crippen molar-refractivity contribution < 1.29 is 52.2 Å². The number of aliphatic hydroxyl groups is 2. The summed E-state index contributed by atoms with van der Waals surface area (Å²) in [6, 6.07) is 0. The SMILES string of the molecule is Nc1nc2c([nH]c[n+]2[C@@H]2O[C@H](COP(=O)(O)OP(=O)(O)O)[C@@H](O)[C@H]2O)c(=O)[nH]1. The number of nitrogen functional groups attached to an aromatic ring is 1. The van der Waals surface area contributed by atoms with Gasteiger partial charge in [0.25, 0.3) is 11.5 Å². The number of nitrogens with zero attached hydrogens (tertiary/aromatic N) is 2. The fraction of sp³-hybridized carbons (Fsp3) is 0.500. The lowest BCUT2D eigenvalue weighted by atomic mass is 10.1. The van der Waals surface area contributed by atoms with Crippen LogP contribution in [0.25, 0.3) is 11.2 Å². The maximum Gasteiger partial charge on any atom is 0.481 e. The average Bonchev–Trinajstić information content (AvgIpc) is 3.06. The quantitative estimate of drug-likeness (QED) is 0.163. The Balaban J connectivity index is 1.79. The van der Waals surface area contributed by atoms with Gasteiger partial charge in [0.1, 0.15) is 18.3 Å². The number of H-pyrrole nitrogens is 2. The smallest absolute Gasteiger partial charge is 0.387 e. The first-order valence-electron chi connectivity index (χ1n) is 7.42. The van der Waals surface area contributed by atoms with Gasteiger partial charge in [-0.05, 0) is 0 Å². The van der Waals surface area contributed by atoms with Crippen molar-refractivity contribution in [3.05, 3.63) is 16.7 Å². The van der Waals surface area contributed by atoms with Gasteiger partial charge in [-0.1, -0.05) is 4.98 Å². The fourth-order valence-corrected chi connectivity index (χ4v) is 4.21. The van der Waals surface area contributed by atoms with Gasteiger partial charge in [0.2, 0.25) is 11.7 Å². The molecule has 1 aliphatic rings. The Labute approximate surface area is 154 Å². The predicted molar refractivity (Wildman–Crippen MR) is 86.2 cm³/mol. The highest BCUT2D eigenvalue weighted by Gasteiger charge is 2.48. The molecule has 0 aliphatic carbocycles. The van der Waals surface area contributed by atoms with Crippen molar-refractivity contribution in [3.63, 3.8) is 0 Å². The molecule has 0 saturated carbocycles. The van der Waals surface area contributed by atoms with E-state index in [9.17, 15) is 29.0 Å². The number of aromatic amines is 2. The van der Waals surface area contributed by atoms with Crippen LogP contribution in [0.3, 0.4) is 0 Å². The van der Waals surface area contributed by atoms with Gasteiger partial charge >= 0.3 is 21.3 Å². The van der Waals surface area contributed by atoms with E-state index in [4.69, 9.17) is 20.3 Å². The molecule has 0 aromatic carbocycles. The van der Waals surface area contributed by atoms with E-state index in [0.717, 1.165) is 0 Å². The first-order valence-corrected chi connectivity index (χ1v) is 10.4. The zero-order valence-corrected chi connectivity index (χ0v) is 15.4. The van der Waals surface area contributed by atoms with Gasteiger partial charge in [0, 0.05) is 0 Å². The summed E-state index contributed by atoms with van der Waals surface area (Å²) in [5.41, 5.74) is 4.90. The van der Waals surface area contributed by atoms with E-state index in [0.29, 0.717) is 0 Å². The summed E-state index contributed by atoms with van der Waals surface area (Å²) in [6.07, 6.45) is -4.67. The molecule has 0 spiro atoms. The largest absolute Gasteiger partial charge is 0.481 e. The lowest BCUT2D eigenvalue weighted by Gasteiger charge is -2.17. The monoisotopic (exact) mass is 444 g/mol. The molecule has 1 aliphatic heterocycles. The number of phosphoric ester groups is 1. The van der Waals surface area contributed by atoms with Crippen molar-refractivity contribution in [2.75, 3.05) is 12.3 Å². The Kier molecular flexibility index (Phi) is 5.46. The predicted octanol–water partition coefficient (Wildman–Crippen LogP) is -3.03. The number of aliphatic hydroxyl groups excluding tert-OH is 2. The number of fused-ring (bicyclic) bond motifs is 1. The molecule has 1 unspecified atom stereocenters. The third-order valence-corrected chi connectivity index (χ3v) is 5.89. The van der Waals surface area contributed by atoms with Gasteiger partial charge < -0.3 is 35.4 Å². The first-order chi connectivity index (χ1) is 12.9. The lowest BCUT2D eigenvalue weighted by Crippen LogP contribution is -2.46. The second kappa shape index (κ2) is 7.27. The minimum atomic E-state index is -5.32. The Morgan fingerprint density at radius 1 is 1.29 bits per heavy atom. The van der Waals surface area contributed by atoms with E-state index in [1.165, 1.54) is 10.9 Å². The van der Waals surface area contributed by atoms with Gasteiger partial charge in [-0.25, -0.2) is 13.7 Å². The molecule has 156 valence electrons. The molecule has 3 heterocycles. The van der Waals surface area contributed by atoms with E-state index >= 15 is 0 Å². The van der Waals surface area contributed by atoms with Crippen LogP contribution >= 0.6 is 15.6 Å². The molecule has 9 N–H and O–H groups in total. The van der Waals surface area contributed by atoms with Gasteiger partial charge in [-0.15, -0.1) is 0 Å². The molecule has 2 aromatic rings. The maximum atomic E-state index is 11.8. The number of rotatable bonds is 6. The Bertz CT molecular complexity index is 1030. The minimum absolute atomic E-state index is 0.00303. The van der Waals surface area contributed by atoms with Crippen LogP contribution in [0.1, 0.15) is 6.23 Å². The van der Waals surface area contributed by atoms with E-state index in [2.05, 4.69) is 23.8 Å². The summed E-state index contributed by atoms with van der Waals surface area (Å²) >= 11 is 0. The molecule has 1 fully saturated rings. The Morgan fingerprint density at radius 2 is 1.96 bits per heavy atom. The second-order valence-electron chi connectivity index (χ2n) is 5.71. The molecular weight excluding hydrogens is 428 g/mol. The number of anilines is 1. The number of imidazole rings is 1. The molecule has 3 rings (SSSR count). The number of phosphoric acid groups is 2. The summed E-state index contributed by atoms with van der Waals surface area (Å²) in [5.74, 6) is -0.213. The van der Waals surface area contributed by atoms with Crippen LogP contribution in [-0.4, -0.2) is 64.8 Å². The molecular formula is C10H16N5O11P2+. The van der Waals surface area contributed by atoms with E-state index < -0.39 is 52.4 Å². The Morgan fingerprint density at radius 3 is 2.61 bits per heavy atom. The standard InChI is InChI=1S/C10H15N5O11P2/c11-10-13-7-4(8(18)14-10)12-2-15(7)9-6(17)5(16)3(25-9)1-24-28(22,23)26-27(19,20)21/h2-3,5-6,9,16-17H,1H2,(H6,11,13,14,18,19,20,21,22,23)/p+1/t3-,5-,6-,9-/m1/s1. The zero-order valence-electron chi connectivity index (χ0n) is 13.6. The first kappa shape index (κ1) is 21.0. The number of nitrogens with two attached hydrogens (primary N) is 1. The third kappa shape index (κ3) is 4.31. The second-order valence-corrected chi connectivity index (χ2v) is 8.54. The lowest BCUT2D eigenvalue weighted by molar-refractivity contribution is -0.745. The van der Waals surface area contributed by atoms with Crippen LogP contribution in [0.15, 0.2) is 11.1 Å². The number of nitrogens with one attached hydrogen (secondary N) is 2. The minimum Gasteiger partial charge on any atom is -0.387 e. The number of aromatic nitrogens is 4. The van der Waals surface area contributed by atoms with Gasteiger partial charge in [0.05, 0.1) is 6.61 Å². The average molecular weight is 444 g/mol. The highest BCUT2D eigenvalue weighted by Crippen LogP contribution is 2.57. The van der Waals surface area contributed by atoms with Crippen molar-refractivity contribution >= 4 is 32.8 Å². The number of hydrogen-bond acceptors (Lipinski definition) is 10. The molecule has 0 bridgehead atoms. The van der Waals surface area contributed by atoms with E-state index in [-0.39, 0.29) is 17.1 Å². The fourth-order valence-electron chi connectivity index (χ4n) is 2.61. The third-order valence-electron chi connectivity index (χ3n) is 3.73. The molecule has 1 saturated heterocycles. The normalized spacial score (nSPS) is 27.9. The van der Waals surface area contributed by atoms with Crippen molar-refractivity contribution in [1.29, 1.82) is 0 Å². The Hall–Kier alpha value is -1.71. The van der Waals surface area contributed by atoms with Crippen molar-refractivity contribution in [1.82, 2.24) is 15.0 Å². The summed E-state index contributed by atoms with van der Waals surface area (Å²) in [4.78, 5) is 47.0. The molecule has 0 radical (unpaired) electrons.